The minimum absolute atomic E-state index is 0.0581. The van der Waals surface area contributed by atoms with Crippen molar-refractivity contribution in [1.82, 2.24) is 4.98 Å². The van der Waals surface area contributed by atoms with Gasteiger partial charge in [-0.3, -0.25) is 4.79 Å². The first kappa shape index (κ1) is 22.0. The van der Waals surface area contributed by atoms with Gasteiger partial charge in [-0.2, -0.15) is 0 Å². The van der Waals surface area contributed by atoms with E-state index in [0.29, 0.717) is 32.0 Å². The van der Waals surface area contributed by atoms with Gasteiger partial charge >= 0.3 is 6.29 Å². The molecule has 0 spiro atoms. The number of halogens is 4. The van der Waals surface area contributed by atoms with Crippen molar-refractivity contribution in [3.63, 3.8) is 0 Å². The first-order valence-electron chi connectivity index (χ1n) is 8.94. The number of carbonyl (C=O) groups is 1. The Morgan fingerprint density at radius 3 is 2.40 bits per heavy atom. The summed E-state index contributed by atoms with van der Waals surface area (Å²) >= 11 is 9.34. The van der Waals surface area contributed by atoms with Gasteiger partial charge in [0.1, 0.15) is 5.82 Å². The number of nitrogens with zero attached hydrogens (tertiary/aromatic N) is 1. The quantitative estimate of drug-likeness (QED) is 0.434. The molecular formula is C21H16BrClF2N2O3. The van der Waals surface area contributed by atoms with E-state index >= 15 is 0 Å². The molecule has 5 nitrogen and oxygen atoms in total. The van der Waals surface area contributed by atoms with Crippen molar-refractivity contribution < 1.29 is 23.0 Å². The summed E-state index contributed by atoms with van der Waals surface area (Å²) < 4.78 is 35.9. The number of benzene rings is 2. The second-order valence-corrected chi connectivity index (χ2v) is 7.07. The van der Waals surface area contributed by atoms with Crippen LogP contribution >= 0.6 is 27.5 Å². The highest BCUT2D eigenvalue weighted by Gasteiger charge is 2.43. The van der Waals surface area contributed by atoms with Crippen molar-refractivity contribution in [2.45, 2.75) is 20.1 Å². The van der Waals surface area contributed by atoms with E-state index in [1.54, 1.807) is 36.4 Å². The van der Waals surface area contributed by atoms with Crippen molar-refractivity contribution in [2.24, 2.45) is 0 Å². The summed E-state index contributed by atoms with van der Waals surface area (Å²) in [6.45, 7) is 4.00. The van der Waals surface area contributed by atoms with E-state index in [1.807, 2.05) is 13.8 Å². The Labute approximate surface area is 185 Å². The Morgan fingerprint density at radius 2 is 1.77 bits per heavy atom. The zero-order chi connectivity index (χ0) is 21.9. The number of anilines is 1. The van der Waals surface area contributed by atoms with Gasteiger partial charge in [-0.05, 0) is 36.4 Å². The van der Waals surface area contributed by atoms with Gasteiger partial charge < -0.3 is 14.8 Å². The minimum atomic E-state index is -3.69. The number of nitrogens with one attached hydrogen (secondary N) is 1. The third-order valence-corrected chi connectivity index (χ3v) is 4.91. The molecule has 4 rings (SSSR count). The summed E-state index contributed by atoms with van der Waals surface area (Å²) in [6.07, 6.45) is -2.19. The van der Waals surface area contributed by atoms with Crippen LogP contribution in [0.5, 0.6) is 11.5 Å². The maximum absolute atomic E-state index is 13.2. The normalized spacial score (nSPS) is 13.3. The fourth-order valence-corrected chi connectivity index (χ4v) is 3.42. The first-order chi connectivity index (χ1) is 14.3. The third-order valence-electron chi connectivity index (χ3n) is 3.93. The van der Waals surface area contributed by atoms with Crippen LogP contribution in [0.4, 0.5) is 14.6 Å². The van der Waals surface area contributed by atoms with Crippen LogP contribution in [-0.4, -0.2) is 17.2 Å². The summed E-state index contributed by atoms with van der Waals surface area (Å²) in [4.78, 5) is 16.5. The van der Waals surface area contributed by atoms with Gasteiger partial charge in [-0.1, -0.05) is 53.5 Å². The molecule has 9 heteroatoms. The zero-order valence-corrected chi connectivity index (χ0v) is 18.2. The van der Waals surface area contributed by atoms with Crippen molar-refractivity contribution in [3.8, 4) is 22.6 Å². The molecule has 0 saturated heterocycles. The molecule has 0 bridgehead atoms. The Balaban J connectivity index is 0.00000124. The summed E-state index contributed by atoms with van der Waals surface area (Å²) in [6, 6.07) is 12.8. The number of hydrogen-bond acceptors (Lipinski definition) is 4. The van der Waals surface area contributed by atoms with Crippen LogP contribution in [-0.2, 0) is 0 Å². The standard InChI is InChI=1S/C19H10BrClF2N2O3.C2H6/c20-13-8-16-15(27-19(22,23)28-16)7-12(13)10-5-6-17(24-9-10)25-18(26)11-3-1-2-4-14(11)21;1-2/h1-9H,(H,24,25,26);1-2H3. The number of alkyl halides is 2. The smallest absolute Gasteiger partial charge is 0.395 e. The predicted molar refractivity (Wildman–Crippen MR) is 114 cm³/mol. The van der Waals surface area contributed by atoms with Crippen LogP contribution in [0, 0.1) is 0 Å². The Bertz CT molecular complexity index is 1080. The monoisotopic (exact) mass is 496 g/mol. The molecule has 1 N–H and O–H groups in total. The molecule has 1 aliphatic heterocycles. The summed E-state index contributed by atoms with van der Waals surface area (Å²) in [5.74, 6) is -0.203. The zero-order valence-electron chi connectivity index (χ0n) is 15.9. The largest absolute Gasteiger partial charge is 0.586 e. The molecule has 0 unspecified atom stereocenters. The summed E-state index contributed by atoms with van der Waals surface area (Å²) in [5.41, 5.74) is 1.54. The van der Waals surface area contributed by atoms with Gasteiger partial charge in [-0.25, -0.2) is 4.98 Å². The van der Waals surface area contributed by atoms with Gasteiger partial charge in [0.2, 0.25) is 0 Å². The molecule has 3 aromatic rings. The SMILES string of the molecule is CC.O=C(Nc1ccc(-c2cc3c(cc2Br)OC(F)(F)O3)cn1)c1ccccc1Cl. The van der Waals surface area contributed by atoms with E-state index in [2.05, 4.69) is 35.7 Å². The minimum Gasteiger partial charge on any atom is -0.395 e. The molecule has 1 aliphatic rings. The lowest BCUT2D eigenvalue weighted by atomic mass is 10.1. The van der Waals surface area contributed by atoms with Crippen LogP contribution in [0.15, 0.2) is 59.2 Å². The van der Waals surface area contributed by atoms with E-state index in [9.17, 15) is 13.6 Å². The molecule has 1 aromatic heterocycles. The molecular weight excluding hydrogens is 482 g/mol. The average molecular weight is 498 g/mol. The maximum atomic E-state index is 13.2. The van der Waals surface area contributed by atoms with E-state index in [-0.39, 0.29) is 11.5 Å². The van der Waals surface area contributed by atoms with Crippen LogP contribution in [0.3, 0.4) is 0 Å². The topological polar surface area (TPSA) is 60.5 Å². The average Bonchev–Trinajstić information content (AvgIpc) is 3.02. The maximum Gasteiger partial charge on any atom is 0.586 e. The lowest BCUT2D eigenvalue weighted by Gasteiger charge is -2.09. The van der Waals surface area contributed by atoms with Crippen molar-refractivity contribution in [1.29, 1.82) is 0 Å². The van der Waals surface area contributed by atoms with E-state index in [1.165, 1.54) is 18.3 Å². The van der Waals surface area contributed by atoms with Gasteiger partial charge in [0.05, 0.1) is 10.6 Å². The van der Waals surface area contributed by atoms with Gasteiger partial charge in [0, 0.05) is 21.8 Å². The number of ether oxygens (including phenoxy) is 2. The first-order valence-corrected chi connectivity index (χ1v) is 10.1. The molecule has 0 saturated carbocycles. The van der Waals surface area contributed by atoms with E-state index in [0.717, 1.165) is 0 Å². The number of carbonyl (C=O) groups excluding carboxylic acids is 1. The molecule has 0 fully saturated rings. The summed E-state index contributed by atoms with van der Waals surface area (Å²) in [5, 5.41) is 2.99. The number of pyridine rings is 1. The number of hydrogen-bond donors (Lipinski definition) is 1. The van der Waals surface area contributed by atoms with Gasteiger partial charge in [0.15, 0.2) is 11.5 Å². The fourth-order valence-electron chi connectivity index (χ4n) is 2.65. The molecule has 0 aliphatic carbocycles. The predicted octanol–water partition coefficient (Wildman–Crippen LogP) is 6.76. The van der Waals surface area contributed by atoms with Crippen molar-refractivity contribution in [3.05, 3.63) is 69.8 Å². The van der Waals surface area contributed by atoms with Gasteiger partial charge in [0.25, 0.3) is 5.91 Å². The van der Waals surface area contributed by atoms with Crippen molar-refractivity contribution >= 4 is 39.3 Å². The van der Waals surface area contributed by atoms with E-state index in [4.69, 9.17) is 11.6 Å². The molecule has 1 amide bonds. The van der Waals surface area contributed by atoms with Gasteiger partial charge in [-0.15, -0.1) is 8.78 Å². The number of fused-ring (bicyclic) bond motifs is 1. The van der Waals surface area contributed by atoms with Crippen molar-refractivity contribution in [2.75, 3.05) is 5.32 Å². The highest BCUT2D eigenvalue weighted by Crippen LogP contribution is 2.46. The fraction of sp³-hybridized carbons (Fsp3) is 0.143. The second-order valence-electron chi connectivity index (χ2n) is 5.81. The summed E-state index contributed by atoms with van der Waals surface area (Å²) in [7, 11) is 0. The number of rotatable bonds is 3. The number of amides is 1. The lowest BCUT2D eigenvalue weighted by Crippen LogP contribution is -2.25. The highest BCUT2D eigenvalue weighted by atomic mass is 79.9. The highest BCUT2D eigenvalue weighted by molar-refractivity contribution is 9.10. The Kier molecular flexibility index (Phi) is 6.58. The molecule has 2 heterocycles. The van der Waals surface area contributed by atoms with Crippen LogP contribution in [0.2, 0.25) is 5.02 Å². The lowest BCUT2D eigenvalue weighted by molar-refractivity contribution is -0.286. The second kappa shape index (κ2) is 8.97. The molecule has 0 atom stereocenters. The number of aromatic nitrogens is 1. The molecule has 156 valence electrons. The van der Waals surface area contributed by atoms with Crippen LogP contribution < -0.4 is 14.8 Å². The third kappa shape index (κ3) is 4.71. The Hall–Kier alpha value is -2.71. The van der Waals surface area contributed by atoms with E-state index < -0.39 is 12.2 Å². The van der Waals surface area contributed by atoms with Crippen LogP contribution in [0.25, 0.3) is 11.1 Å². The van der Waals surface area contributed by atoms with Crippen LogP contribution in [0.1, 0.15) is 24.2 Å². The molecule has 30 heavy (non-hydrogen) atoms. The Morgan fingerprint density at radius 1 is 1.10 bits per heavy atom. The molecule has 0 radical (unpaired) electrons. The molecule has 2 aromatic carbocycles.